The summed E-state index contributed by atoms with van der Waals surface area (Å²) in [6.07, 6.45) is 8.66. The second-order valence-electron chi connectivity index (χ2n) is 10.4. The zero-order valence-electron chi connectivity index (χ0n) is 22.8. The van der Waals surface area contributed by atoms with Crippen molar-refractivity contribution >= 4 is 35.0 Å². The highest BCUT2D eigenvalue weighted by Crippen LogP contribution is 2.24. The molecule has 2 aliphatic heterocycles. The first-order chi connectivity index (χ1) is 19.1. The van der Waals surface area contributed by atoms with E-state index in [0.717, 1.165) is 72.4 Å². The molecule has 9 nitrogen and oxygen atoms in total. The summed E-state index contributed by atoms with van der Waals surface area (Å²) in [6.45, 7) is 9.43. The molecule has 2 aromatic heterocycles. The summed E-state index contributed by atoms with van der Waals surface area (Å²) in [5.41, 5.74) is 7.62. The van der Waals surface area contributed by atoms with Gasteiger partial charge in [0.15, 0.2) is 0 Å². The zero-order valence-corrected chi connectivity index (χ0v) is 22.8. The van der Waals surface area contributed by atoms with Gasteiger partial charge in [-0.05, 0) is 62.8 Å². The Labute approximate surface area is 229 Å². The fourth-order valence-electron chi connectivity index (χ4n) is 5.36. The van der Waals surface area contributed by atoms with Crippen molar-refractivity contribution in [1.29, 1.82) is 0 Å². The molecule has 2 fully saturated rings. The minimum atomic E-state index is 0.482. The summed E-state index contributed by atoms with van der Waals surface area (Å²) in [6, 6.07) is 14.7. The van der Waals surface area contributed by atoms with Crippen LogP contribution in [0.15, 0.2) is 53.8 Å². The lowest BCUT2D eigenvalue weighted by atomic mass is 10.1. The number of aromatic nitrogens is 4. The predicted octanol–water partition coefficient (Wildman–Crippen LogP) is 5.17. The molecule has 0 bridgehead atoms. The maximum Gasteiger partial charge on any atom is 0.250 e. The first-order valence-electron chi connectivity index (χ1n) is 14.0. The third-order valence-electron chi connectivity index (χ3n) is 7.51. The van der Waals surface area contributed by atoms with Crippen LogP contribution in [0.4, 0.5) is 17.8 Å². The van der Waals surface area contributed by atoms with Crippen LogP contribution in [-0.4, -0.2) is 58.5 Å². The number of para-hydroxylation sites is 1. The van der Waals surface area contributed by atoms with Gasteiger partial charge in [-0.25, -0.2) is 5.43 Å². The number of ether oxygens (including phenoxy) is 1. The van der Waals surface area contributed by atoms with Gasteiger partial charge in [-0.2, -0.15) is 20.1 Å². The van der Waals surface area contributed by atoms with E-state index in [2.05, 4.69) is 87.4 Å². The standard InChI is InChI=1S/C30H36N8O/c1-22-11-12-23(2)27(19-22)39-18-17-38-21-24(25-9-3-4-10-26(25)38)20-31-35-28-32-29(36-13-5-6-14-36)34-30(33-28)37-15-7-8-16-37/h3-4,9-12,19-21H,5-8,13-18H2,1-2H3,(H,32,33,34,35)/b31-20-. The lowest BCUT2D eigenvalue weighted by Crippen LogP contribution is -2.25. The maximum atomic E-state index is 6.13. The van der Waals surface area contributed by atoms with Crippen molar-refractivity contribution in [3.8, 4) is 5.75 Å². The Morgan fingerprint density at radius 1 is 0.897 bits per heavy atom. The summed E-state index contributed by atoms with van der Waals surface area (Å²) in [5, 5.41) is 5.69. The van der Waals surface area contributed by atoms with Gasteiger partial charge >= 0.3 is 0 Å². The van der Waals surface area contributed by atoms with E-state index in [1.807, 2.05) is 6.21 Å². The summed E-state index contributed by atoms with van der Waals surface area (Å²) in [5.74, 6) is 2.90. The fourth-order valence-corrected chi connectivity index (χ4v) is 5.36. The van der Waals surface area contributed by atoms with Crippen molar-refractivity contribution in [2.75, 3.05) is 48.0 Å². The van der Waals surface area contributed by atoms with Gasteiger partial charge in [0.1, 0.15) is 12.4 Å². The minimum absolute atomic E-state index is 0.482. The van der Waals surface area contributed by atoms with Gasteiger partial charge in [-0.15, -0.1) is 0 Å². The van der Waals surface area contributed by atoms with Crippen molar-refractivity contribution in [2.24, 2.45) is 5.10 Å². The summed E-state index contributed by atoms with van der Waals surface area (Å²) >= 11 is 0. The average molecular weight is 525 g/mol. The van der Waals surface area contributed by atoms with Gasteiger partial charge in [0.05, 0.1) is 12.8 Å². The molecule has 39 heavy (non-hydrogen) atoms. The number of fused-ring (bicyclic) bond motifs is 1. The molecule has 0 aliphatic carbocycles. The summed E-state index contributed by atoms with van der Waals surface area (Å²) < 4.78 is 8.35. The maximum absolute atomic E-state index is 6.13. The van der Waals surface area contributed by atoms with Gasteiger partial charge in [-0.1, -0.05) is 30.3 Å². The molecule has 0 radical (unpaired) electrons. The first kappa shape index (κ1) is 25.2. The van der Waals surface area contributed by atoms with Gasteiger partial charge < -0.3 is 19.1 Å². The van der Waals surface area contributed by atoms with Crippen molar-refractivity contribution in [1.82, 2.24) is 19.5 Å². The molecule has 2 aliphatic rings. The molecule has 0 spiro atoms. The zero-order chi connectivity index (χ0) is 26.6. The van der Waals surface area contributed by atoms with Crippen molar-refractivity contribution in [3.63, 3.8) is 0 Å². The number of benzene rings is 2. The van der Waals surface area contributed by atoms with Crippen LogP contribution in [0.1, 0.15) is 42.4 Å². The average Bonchev–Trinajstić information content (AvgIpc) is 3.73. The number of hydrogen-bond donors (Lipinski definition) is 1. The van der Waals surface area contributed by atoms with Gasteiger partial charge in [-0.3, -0.25) is 0 Å². The molecule has 6 rings (SSSR count). The fraction of sp³-hybridized carbons (Fsp3) is 0.400. The van der Waals surface area contributed by atoms with Crippen LogP contribution < -0.4 is 20.0 Å². The number of nitrogens with one attached hydrogen (secondary N) is 1. The lowest BCUT2D eigenvalue weighted by Gasteiger charge is -2.20. The van der Waals surface area contributed by atoms with Crippen molar-refractivity contribution in [3.05, 3.63) is 65.4 Å². The van der Waals surface area contributed by atoms with Crippen LogP contribution >= 0.6 is 0 Å². The normalized spacial score (nSPS) is 15.6. The van der Waals surface area contributed by atoms with Crippen LogP contribution in [0.2, 0.25) is 0 Å². The SMILES string of the molecule is Cc1ccc(C)c(OCCn2cc(/C=N\Nc3nc(N4CCCC4)nc(N4CCCC4)n3)c3ccccc32)c1. The summed E-state index contributed by atoms with van der Waals surface area (Å²) in [4.78, 5) is 18.7. The van der Waals surface area contributed by atoms with E-state index in [4.69, 9.17) is 19.7 Å². The minimum Gasteiger partial charge on any atom is -0.491 e. The number of anilines is 3. The van der Waals surface area contributed by atoms with Crippen LogP contribution in [0, 0.1) is 13.8 Å². The first-order valence-corrected chi connectivity index (χ1v) is 14.0. The third kappa shape index (κ3) is 5.67. The molecular weight excluding hydrogens is 488 g/mol. The van der Waals surface area contributed by atoms with E-state index < -0.39 is 0 Å². The number of rotatable bonds is 9. The number of hydrogen-bond acceptors (Lipinski definition) is 8. The van der Waals surface area contributed by atoms with Gasteiger partial charge in [0.25, 0.3) is 0 Å². The molecule has 0 amide bonds. The quantitative estimate of drug-likeness (QED) is 0.239. The topological polar surface area (TPSA) is 83.7 Å². The molecule has 202 valence electrons. The Morgan fingerprint density at radius 3 is 2.31 bits per heavy atom. The molecule has 0 atom stereocenters. The monoisotopic (exact) mass is 524 g/mol. The molecule has 4 heterocycles. The number of aryl methyl sites for hydroxylation is 2. The van der Waals surface area contributed by atoms with E-state index >= 15 is 0 Å². The van der Waals surface area contributed by atoms with Crippen molar-refractivity contribution in [2.45, 2.75) is 46.1 Å². The molecule has 0 unspecified atom stereocenters. The second kappa shape index (κ2) is 11.3. The molecule has 4 aromatic rings. The largest absolute Gasteiger partial charge is 0.491 e. The van der Waals surface area contributed by atoms with E-state index in [-0.39, 0.29) is 0 Å². The van der Waals surface area contributed by atoms with Crippen LogP contribution in [0.25, 0.3) is 10.9 Å². The highest BCUT2D eigenvalue weighted by molar-refractivity contribution is 5.99. The Kier molecular flexibility index (Phi) is 7.29. The van der Waals surface area contributed by atoms with E-state index in [0.29, 0.717) is 12.6 Å². The molecule has 0 saturated carbocycles. The Hall–Kier alpha value is -4.14. The Balaban J connectivity index is 1.19. The van der Waals surface area contributed by atoms with E-state index in [1.54, 1.807) is 0 Å². The van der Waals surface area contributed by atoms with Crippen molar-refractivity contribution < 1.29 is 4.74 Å². The number of hydrazone groups is 1. The number of nitrogens with zero attached hydrogens (tertiary/aromatic N) is 7. The molecular formula is C30H36N8O. The van der Waals surface area contributed by atoms with E-state index in [9.17, 15) is 0 Å². The smallest absolute Gasteiger partial charge is 0.250 e. The molecule has 1 N–H and O–H groups in total. The second-order valence-corrected chi connectivity index (χ2v) is 10.4. The lowest BCUT2D eigenvalue weighted by molar-refractivity contribution is 0.298. The predicted molar refractivity (Wildman–Crippen MR) is 157 cm³/mol. The molecule has 9 heteroatoms. The van der Waals surface area contributed by atoms with E-state index in [1.165, 1.54) is 31.2 Å². The highest BCUT2D eigenvalue weighted by Gasteiger charge is 2.21. The molecule has 2 saturated heterocycles. The van der Waals surface area contributed by atoms with Crippen LogP contribution in [0.3, 0.4) is 0 Å². The van der Waals surface area contributed by atoms with Crippen LogP contribution in [0.5, 0.6) is 5.75 Å². The molecule has 2 aromatic carbocycles. The Bertz CT molecular complexity index is 1430. The highest BCUT2D eigenvalue weighted by atomic mass is 16.5. The summed E-state index contributed by atoms with van der Waals surface area (Å²) in [7, 11) is 0. The van der Waals surface area contributed by atoms with Gasteiger partial charge in [0.2, 0.25) is 17.8 Å². The Morgan fingerprint density at radius 2 is 1.59 bits per heavy atom. The van der Waals surface area contributed by atoms with Gasteiger partial charge in [0, 0.05) is 48.8 Å². The van der Waals surface area contributed by atoms with Crippen LogP contribution in [-0.2, 0) is 6.54 Å². The third-order valence-corrected chi connectivity index (χ3v) is 7.51.